The summed E-state index contributed by atoms with van der Waals surface area (Å²) in [5.41, 5.74) is 1.03. The fourth-order valence-corrected chi connectivity index (χ4v) is 3.89. The number of rotatable bonds is 5. The fourth-order valence-electron chi connectivity index (χ4n) is 3.40. The van der Waals surface area contributed by atoms with Crippen LogP contribution in [0.5, 0.6) is 0 Å². The Hall–Kier alpha value is -0.280. The third-order valence-electron chi connectivity index (χ3n) is 4.95. The highest BCUT2D eigenvalue weighted by molar-refractivity contribution is 6.35. The maximum absolute atomic E-state index is 6.33. The second-order valence-electron chi connectivity index (χ2n) is 6.23. The van der Waals surface area contributed by atoms with E-state index in [0.29, 0.717) is 5.02 Å². The van der Waals surface area contributed by atoms with Crippen LogP contribution in [0.15, 0.2) is 18.2 Å². The molecule has 0 spiro atoms. The van der Waals surface area contributed by atoms with Gasteiger partial charge < -0.3 is 10.1 Å². The number of ether oxygens (including phenoxy) is 1. The van der Waals surface area contributed by atoms with Crippen LogP contribution in [-0.4, -0.2) is 25.8 Å². The largest absolute Gasteiger partial charge is 0.377 e. The number of hydrogen-bond acceptors (Lipinski definition) is 2. The van der Waals surface area contributed by atoms with Gasteiger partial charge in [0.05, 0.1) is 5.60 Å². The van der Waals surface area contributed by atoms with Crippen molar-refractivity contribution in [3.63, 3.8) is 0 Å². The Morgan fingerprint density at radius 3 is 2.52 bits per heavy atom. The Balaban J connectivity index is 2.17. The Kier molecular flexibility index (Phi) is 5.96. The summed E-state index contributed by atoms with van der Waals surface area (Å²) < 4.78 is 5.98. The van der Waals surface area contributed by atoms with Crippen LogP contribution in [0.25, 0.3) is 0 Å². The first-order chi connectivity index (χ1) is 10.0. The highest BCUT2D eigenvalue weighted by atomic mass is 35.5. The molecule has 0 heterocycles. The van der Waals surface area contributed by atoms with Crippen LogP contribution in [0.3, 0.4) is 0 Å². The fraction of sp³-hybridized carbons (Fsp3) is 0.647. The second kappa shape index (κ2) is 7.32. The highest BCUT2D eigenvalue weighted by Crippen LogP contribution is 2.38. The van der Waals surface area contributed by atoms with Gasteiger partial charge in [0.1, 0.15) is 0 Å². The molecule has 21 heavy (non-hydrogen) atoms. The van der Waals surface area contributed by atoms with E-state index in [0.717, 1.165) is 35.8 Å². The predicted octanol–water partition coefficient (Wildman–Crippen LogP) is 4.72. The van der Waals surface area contributed by atoms with Crippen LogP contribution in [0, 0.1) is 5.92 Å². The van der Waals surface area contributed by atoms with E-state index in [9.17, 15) is 0 Å². The monoisotopic (exact) mass is 329 g/mol. The Labute approximate surface area is 138 Å². The minimum atomic E-state index is -0.0930. The van der Waals surface area contributed by atoms with E-state index >= 15 is 0 Å². The Bertz CT molecular complexity index is 470. The molecule has 0 saturated heterocycles. The molecule has 0 amide bonds. The van der Waals surface area contributed by atoms with Crippen LogP contribution >= 0.6 is 23.2 Å². The van der Waals surface area contributed by atoms with Crippen molar-refractivity contribution in [3.05, 3.63) is 33.8 Å². The zero-order valence-electron chi connectivity index (χ0n) is 13.1. The maximum Gasteiger partial charge on any atom is 0.0834 e. The molecular weight excluding hydrogens is 305 g/mol. The number of nitrogens with one attached hydrogen (secondary N) is 1. The van der Waals surface area contributed by atoms with Crippen molar-refractivity contribution in [3.8, 4) is 0 Å². The van der Waals surface area contributed by atoms with E-state index in [1.54, 1.807) is 0 Å². The maximum atomic E-state index is 6.33. The number of benzene rings is 1. The number of methoxy groups -OCH3 is 1. The van der Waals surface area contributed by atoms with Gasteiger partial charge in [0, 0.05) is 23.2 Å². The van der Waals surface area contributed by atoms with E-state index in [2.05, 4.69) is 12.2 Å². The number of hydrogen-bond donors (Lipinski definition) is 1. The standard InChI is InChI=1S/C17H25Cl2NO/c1-12-6-8-17(21-3,9-7-12)16(20-2)10-13-4-5-14(18)11-15(13)19/h4-5,11-12,16,20H,6-10H2,1-3H3. The van der Waals surface area contributed by atoms with Gasteiger partial charge in [-0.15, -0.1) is 0 Å². The lowest BCUT2D eigenvalue weighted by molar-refractivity contribution is -0.0730. The molecule has 2 nitrogen and oxygen atoms in total. The van der Waals surface area contributed by atoms with Crippen LogP contribution in [0.4, 0.5) is 0 Å². The lowest BCUT2D eigenvalue weighted by atomic mass is 9.74. The summed E-state index contributed by atoms with van der Waals surface area (Å²) in [6, 6.07) is 5.99. The minimum Gasteiger partial charge on any atom is -0.377 e. The minimum absolute atomic E-state index is 0.0930. The Morgan fingerprint density at radius 1 is 1.33 bits per heavy atom. The van der Waals surface area contributed by atoms with Crippen molar-refractivity contribution in [1.29, 1.82) is 0 Å². The normalized spacial score (nSPS) is 27.6. The number of halogens is 2. The first kappa shape index (κ1) is 17.1. The molecule has 1 saturated carbocycles. The summed E-state index contributed by atoms with van der Waals surface area (Å²) in [4.78, 5) is 0. The van der Waals surface area contributed by atoms with Gasteiger partial charge in [-0.05, 0) is 62.8 Å². The molecule has 1 N–H and O–H groups in total. The van der Waals surface area contributed by atoms with Gasteiger partial charge in [-0.3, -0.25) is 0 Å². The van der Waals surface area contributed by atoms with Crippen LogP contribution in [0.2, 0.25) is 10.0 Å². The van der Waals surface area contributed by atoms with E-state index < -0.39 is 0 Å². The van der Waals surface area contributed by atoms with Gasteiger partial charge in [-0.25, -0.2) is 0 Å². The average Bonchev–Trinajstić information content (AvgIpc) is 2.48. The molecule has 1 aliphatic rings. The molecule has 118 valence electrons. The average molecular weight is 330 g/mol. The summed E-state index contributed by atoms with van der Waals surface area (Å²) in [6.45, 7) is 2.32. The third-order valence-corrected chi connectivity index (χ3v) is 5.54. The number of likely N-dealkylation sites (N-methyl/N-ethyl adjacent to an activating group) is 1. The molecule has 2 rings (SSSR count). The third kappa shape index (κ3) is 3.92. The van der Waals surface area contributed by atoms with Crippen LogP contribution in [0.1, 0.15) is 38.2 Å². The molecule has 4 heteroatoms. The summed E-state index contributed by atoms with van der Waals surface area (Å²) in [5.74, 6) is 0.796. The molecule has 1 aliphatic carbocycles. The molecule has 0 aromatic heterocycles. The zero-order valence-corrected chi connectivity index (χ0v) is 14.6. The van der Waals surface area contributed by atoms with Crippen molar-refractivity contribution in [2.75, 3.05) is 14.2 Å². The predicted molar refractivity (Wildman–Crippen MR) is 90.4 cm³/mol. The van der Waals surface area contributed by atoms with Crippen LogP contribution in [-0.2, 0) is 11.2 Å². The van der Waals surface area contributed by atoms with Gasteiger partial charge >= 0.3 is 0 Å². The molecule has 1 atom stereocenters. The van der Waals surface area contributed by atoms with Gasteiger partial charge in [0.15, 0.2) is 0 Å². The van der Waals surface area contributed by atoms with Crippen molar-refractivity contribution in [2.45, 2.75) is 50.7 Å². The van der Waals surface area contributed by atoms with Crippen molar-refractivity contribution >= 4 is 23.2 Å². The lowest BCUT2D eigenvalue weighted by Crippen LogP contribution is -2.54. The summed E-state index contributed by atoms with van der Waals surface area (Å²) in [6.07, 6.45) is 5.50. The van der Waals surface area contributed by atoms with Crippen LogP contribution < -0.4 is 5.32 Å². The van der Waals surface area contributed by atoms with Gasteiger partial charge in [0.25, 0.3) is 0 Å². The van der Waals surface area contributed by atoms with Crippen molar-refractivity contribution in [2.24, 2.45) is 5.92 Å². The first-order valence-electron chi connectivity index (χ1n) is 7.67. The summed E-state index contributed by atoms with van der Waals surface area (Å²) in [5, 5.41) is 4.86. The van der Waals surface area contributed by atoms with Crippen molar-refractivity contribution in [1.82, 2.24) is 5.32 Å². The first-order valence-corrected chi connectivity index (χ1v) is 8.42. The zero-order chi connectivity index (χ0) is 15.5. The summed E-state index contributed by atoms with van der Waals surface area (Å²) >= 11 is 12.3. The van der Waals surface area contributed by atoms with E-state index in [-0.39, 0.29) is 11.6 Å². The van der Waals surface area contributed by atoms with Crippen molar-refractivity contribution < 1.29 is 4.74 Å². The molecule has 1 fully saturated rings. The molecular formula is C17H25Cl2NO. The van der Waals surface area contributed by atoms with Gasteiger partial charge in [-0.2, -0.15) is 0 Å². The van der Waals surface area contributed by atoms with E-state index in [4.69, 9.17) is 27.9 Å². The molecule has 1 aromatic carbocycles. The molecule has 1 aromatic rings. The highest BCUT2D eigenvalue weighted by Gasteiger charge is 2.40. The van der Waals surface area contributed by atoms with E-state index in [1.165, 1.54) is 12.8 Å². The Morgan fingerprint density at radius 2 is 2.00 bits per heavy atom. The van der Waals surface area contributed by atoms with E-state index in [1.807, 2.05) is 32.4 Å². The SMILES string of the molecule is CNC(Cc1ccc(Cl)cc1Cl)C1(OC)CCC(C)CC1. The quantitative estimate of drug-likeness (QED) is 0.843. The molecule has 0 aliphatic heterocycles. The summed E-state index contributed by atoms with van der Waals surface area (Å²) in [7, 11) is 3.84. The lowest BCUT2D eigenvalue weighted by Gasteiger charge is -2.44. The van der Waals surface area contributed by atoms with Gasteiger partial charge in [0.2, 0.25) is 0 Å². The van der Waals surface area contributed by atoms with Gasteiger partial charge in [-0.1, -0.05) is 36.2 Å². The molecule has 0 bridgehead atoms. The molecule has 1 unspecified atom stereocenters. The smallest absolute Gasteiger partial charge is 0.0834 e. The second-order valence-corrected chi connectivity index (χ2v) is 7.08. The molecule has 0 radical (unpaired) electrons. The topological polar surface area (TPSA) is 21.3 Å².